The Morgan fingerprint density at radius 3 is 2.76 bits per heavy atom. The lowest BCUT2D eigenvalue weighted by molar-refractivity contribution is 0.111. The van der Waals surface area contributed by atoms with E-state index in [1.165, 1.54) is 0 Å². The molecule has 2 N–H and O–H groups in total. The van der Waals surface area contributed by atoms with Gasteiger partial charge in [-0.05, 0) is 19.3 Å². The lowest BCUT2D eigenvalue weighted by Crippen LogP contribution is -2.44. The maximum Gasteiger partial charge on any atom is 0.315 e. The van der Waals surface area contributed by atoms with Gasteiger partial charge in [-0.15, -0.1) is 0 Å². The van der Waals surface area contributed by atoms with Crippen molar-refractivity contribution in [2.45, 2.75) is 31.4 Å². The summed E-state index contributed by atoms with van der Waals surface area (Å²) in [6.07, 6.45) is 2.62. The zero-order valence-corrected chi connectivity index (χ0v) is 10.5. The van der Waals surface area contributed by atoms with Crippen LogP contribution < -0.4 is 10.6 Å². The normalized spacial score (nSPS) is 31.3. The summed E-state index contributed by atoms with van der Waals surface area (Å²) in [5, 5.41) is 5.38. The zero-order chi connectivity index (χ0) is 12.3. The van der Waals surface area contributed by atoms with E-state index in [9.17, 15) is 13.2 Å². The van der Waals surface area contributed by atoms with E-state index in [1.54, 1.807) is 0 Å². The first-order valence-corrected chi connectivity index (χ1v) is 7.74. The van der Waals surface area contributed by atoms with E-state index in [-0.39, 0.29) is 29.7 Å². The summed E-state index contributed by atoms with van der Waals surface area (Å²) in [4.78, 5) is 11.5. The fraction of sp³-hybridized carbons (Fsp3) is 0.900. The van der Waals surface area contributed by atoms with Crippen molar-refractivity contribution in [2.75, 3.05) is 24.7 Å². The lowest BCUT2D eigenvalue weighted by atomic mass is 10.2. The molecule has 2 atom stereocenters. The summed E-state index contributed by atoms with van der Waals surface area (Å²) in [6, 6.07) is -0.549. The number of carbonyl (C=O) groups excluding carboxylic acids is 1. The topological polar surface area (TPSA) is 84.5 Å². The Kier molecular flexibility index (Phi) is 3.88. The zero-order valence-electron chi connectivity index (χ0n) is 9.65. The molecule has 2 saturated heterocycles. The molecule has 2 heterocycles. The van der Waals surface area contributed by atoms with Crippen LogP contribution in [0.15, 0.2) is 0 Å². The molecule has 2 rings (SSSR count). The molecule has 2 amide bonds. The van der Waals surface area contributed by atoms with Crippen molar-refractivity contribution in [1.82, 2.24) is 10.6 Å². The Bertz CT molecular complexity index is 376. The summed E-state index contributed by atoms with van der Waals surface area (Å²) in [5.41, 5.74) is 0. The van der Waals surface area contributed by atoms with Crippen molar-refractivity contribution in [2.24, 2.45) is 0 Å². The number of sulfone groups is 1. The maximum atomic E-state index is 11.5. The SMILES string of the molecule is O=C(NC[C@@H]1CCCO1)N[C@H]1CCS(=O)(=O)C1. The van der Waals surface area contributed by atoms with Gasteiger partial charge in [0.2, 0.25) is 0 Å². The van der Waals surface area contributed by atoms with Crippen LogP contribution in [-0.2, 0) is 14.6 Å². The molecular formula is C10H18N2O4S. The van der Waals surface area contributed by atoms with E-state index in [0.717, 1.165) is 19.4 Å². The van der Waals surface area contributed by atoms with Gasteiger partial charge >= 0.3 is 6.03 Å². The predicted octanol–water partition coefficient (Wildman–Crippen LogP) is -0.348. The molecule has 98 valence electrons. The molecular weight excluding hydrogens is 244 g/mol. The summed E-state index contributed by atoms with van der Waals surface area (Å²) in [6.45, 7) is 1.25. The van der Waals surface area contributed by atoms with Crippen molar-refractivity contribution < 1.29 is 17.9 Å². The molecule has 6 nitrogen and oxygen atoms in total. The van der Waals surface area contributed by atoms with Gasteiger partial charge in [-0.1, -0.05) is 0 Å². The molecule has 17 heavy (non-hydrogen) atoms. The van der Waals surface area contributed by atoms with E-state index < -0.39 is 9.84 Å². The number of nitrogens with one attached hydrogen (secondary N) is 2. The molecule has 7 heteroatoms. The van der Waals surface area contributed by atoms with Gasteiger partial charge in [-0.25, -0.2) is 13.2 Å². The van der Waals surface area contributed by atoms with Crippen LogP contribution in [0.25, 0.3) is 0 Å². The molecule has 2 aliphatic rings. The minimum atomic E-state index is -2.94. The molecule has 0 bridgehead atoms. The van der Waals surface area contributed by atoms with Gasteiger partial charge in [0.25, 0.3) is 0 Å². The van der Waals surface area contributed by atoms with Gasteiger partial charge in [-0.2, -0.15) is 0 Å². The highest BCUT2D eigenvalue weighted by Crippen LogP contribution is 2.12. The monoisotopic (exact) mass is 262 g/mol. The van der Waals surface area contributed by atoms with Crippen LogP contribution in [0.2, 0.25) is 0 Å². The molecule has 0 aromatic rings. The summed E-state index contributed by atoms with van der Waals surface area (Å²) < 4.78 is 27.8. The van der Waals surface area contributed by atoms with Crippen molar-refractivity contribution in [3.05, 3.63) is 0 Å². The third-order valence-electron chi connectivity index (χ3n) is 3.08. The van der Waals surface area contributed by atoms with Gasteiger partial charge in [0.15, 0.2) is 9.84 Å². The molecule has 0 radical (unpaired) electrons. The number of hydrogen-bond acceptors (Lipinski definition) is 4. The lowest BCUT2D eigenvalue weighted by Gasteiger charge is -2.14. The minimum absolute atomic E-state index is 0.0559. The Hall–Kier alpha value is -0.820. The number of ether oxygens (including phenoxy) is 1. The molecule has 2 fully saturated rings. The second-order valence-corrected chi connectivity index (χ2v) is 6.82. The first kappa shape index (κ1) is 12.6. The van der Waals surface area contributed by atoms with Gasteiger partial charge in [0.05, 0.1) is 17.6 Å². The van der Waals surface area contributed by atoms with Crippen molar-refractivity contribution in [1.29, 1.82) is 0 Å². The molecule has 0 aromatic carbocycles. The molecule has 0 aromatic heterocycles. The summed E-state index contributed by atoms with van der Waals surface area (Å²) in [5.74, 6) is 0.226. The largest absolute Gasteiger partial charge is 0.376 e. The van der Waals surface area contributed by atoms with Crippen LogP contribution in [0.5, 0.6) is 0 Å². The summed E-state index contributed by atoms with van der Waals surface area (Å²) >= 11 is 0. The highest BCUT2D eigenvalue weighted by molar-refractivity contribution is 7.91. The molecule has 0 unspecified atom stereocenters. The molecule has 2 aliphatic heterocycles. The van der Waals surface area contributed by atoms with Crippen molar-refractivity contribution in [3.8, 4) is 0 Å². The second kappa shape index (κ2) is 5.22. The average molecular weight is 262 g/mol. The van der Waals surface area contributed by atoms with Gasteiger partial charge in [0.1, 0.15) is 0 Å². The minimum Gasteiger partial charge on any atom is -0.376 e. The van der Waals surface area contributed by atoms with Gasteiger partial charge in [-0.3, -0.25) is 0 Å². The van der Waals surface area contributed by atoms with Crippen LogP contribution in [0.1, 0.15) is 19.3 Å². The molecule has 0 saturated carbocycles. The van der Waals surface area contributed by atoms with Crippen LogP contribution in [0.3, 0.4) is 0 Å². The number of carbonyl (C=O) groups is 1. The Morgan fingerprint density at radius 1 is 1.35 bits per heavy atom. The number of amides is 2. The quantitative estimate of drug-likeness (QED) is 0.728. The Morgan fingerprint density at radius 2 is 2.18 bits per heavy atom. The first-order valence-electron chi connectivity index (χ1n) is 5.91. The number of rotatable bonds is 3. The van der Waals surface area contributed by atoms with Crippen LogP contribution in [-0.4, -0.2) is 51.3 Å². The molecule has 0 aliphatic carbocycles. The fourth-order valence-corrected chi connectivity index (χ4v) is 3.83. The van der Waals surface area contributed by atoms with Gasteiger partial charge in [0, 0.05) is 19.2 Å². The van der Waals surface area contributed by atoms with Gasteiger partial charge < -0.3 is 15.4 Å². The van der Waals surface area contributed by atoms with Crippen LogP contribution in [0, 0.1) is 0 Å². The standard InChI is InChI=1S/C10H18N2O4S/c13-10(11-6-9-2-1-4-16-9)12-8-3-5-17(14,15)7-8/h8-9H,1-7H2,(H2,11,12,13)/t8-,9-/m0/s1. The smallest absolute Gasteiger partial charge is 0.315 e. The van der Waals surface area contributed by atoms with E-state index >= 15 is 0 Å². The van der Waals surface area contributed by atoms with E-state index in [0.29, 0.717) is 13.0 Å². The first-order chi connectivity index (χ1) is 8.05. The van der Waals surface area contributed by atoms with Crippen molar-refractivity contribution >= 4 is 15.9 Å². The number of hydrogen-bond donors (Lipinski definition) is 2. The highest BCUT2D eigenvalue weighted by atomic mass is 32.2. The van der Waals surface area contributed by atoms with E-state index in [2.05, 4.69) is 10.6 Å². The Labute approximate surface area is 101 Å². The highest BCUT2D eigenvalue weighted by Gasteiger charge is 2.29. The predicted molar refractivity (Wildman–Crippen MR) is 62.6 cm³/mol. The number of urea groups is 1. The van der Waals surface area contributed by atoms with Crippen molar-refractivity contribution in [3.63, 3.8) is 0 Å². The summed E-state index contributed by atoms with van der Waals surface area (Å²) in [7, 11) is -2.94. The molecule has 0 spiro atoms. The fourth-order valence-electron chi connectivity index (χ4n) is 2.16. The Balaban J connectivity index is 1.67. The third kappa shape index (κ3) is 3.85. The van der Waals surface area contributed by atoms with E-state index in [1.807, 2.05) is 0 Å². The second-order valence-electron chi connectivity index (χ2n) is 4.59. The maximum absolute atomic E-state index is 11.5. The average Bonchev–Trinajstić information content (AvgIpc) is 2.85. The van der Waals surface area contributed by atoms with Crippen LogP contribution >= 0.6 is 0 Å². The third-order valence-corrected chi connectivity index (χ3v) is 4.85. The van der Waals surface area contributed by atoms with E-state index in [4.69, 9.17) is 4.74 Å². The van der Waals surface area contributed by atoms with Crippen LogP contribution in [0.4, 0.5) is 4.79 Å².